The number of anilines is 2. The first kappa shape index (κ1) is 16.8. The van der Waals surface area contributed by atoms with Crippen LogP contribution in [0.25, 0.3) is 0 Å². The van der Waals surface area contributed by atoms with Gasteiger partial charge in [0, 0.05) is 12.3 Å². The third-order valence-corrected chi connectivity index (χ3v) is 3.53. The molecule has 2 heterocycles. The van der Waals surface area contributed by atoms with E-state index in [4.69, 9.17) is 9.26 Å². The van der Waals surface area contributed by atoms with Gasteiger partial charge in [-0.15, -0.1) is 11.8 Å². The molecule has 2 N–H and O–H groups in total. The van der Waals surface area contributed by atoms with Crippen molar-refractivity contribution in [1.82, 2.24) is 10.1 Å². The normalized spacial score (nSPS) is 10.2. The zero-order chi connectivity index (χ0) is 16.7. The lowest BCUT2D eigenvalue weighted by Crippen LogP contribution is -2.19. The molecule has 0 unspecified atom stereocenters. The standard InChI is InChI=1S/C14H16N4O4S/c1-9-6-11(18-22-9)17-13(20)8-23-7-12(19)16-10-4-3-5-15-14(10)21-2/h3-6H,7-8H2,1-2H3,(H,16,19)(H,17,18,20). The molecule has 0 atom stereocenters. The highest BCUT2D eigenvalue weighted by atomic mass is 32.2. The quantitative estimate of drug-likeness (QED) is 0.792. The van der Waals surface area contributed by atoms with E-state index in [1.807, 2.05) is 0 Å². The minimum absolute atomic E-state index is 0.128. The predicted molar refractivity (Wildman–Crippen MR) is 86.6 cm³/mol. The van der Waals surface area contributed by atoms with Crippen LogP contribution in [0.1, 0.15) is 5.76 Å². The van der Waals surface area contributed by atoms with E-state index in [2.05, 4.69) is 20.8 Å². The van der Waals surface area contributed by atoms with Crippen molar-refractivity contribution in [3.63, 3.8) is 0 Å². The number of ether oxygens (including phenoxy) is 1. The number of carbonyl (C=O) groups is 2. The zero-order valence-corrected chi connectivity index (χ0v) is 13.5. The zero-order valence-electron chi connectivity index (χ0n) is 12.7. The third kappa shape index (κ3) is 5.29. The van der Waals surface area contributed by atoms with Crippen LogP contribution in [0.4, 0.5) is 11.5 Å². The predicted octanol–water partition coefficient (Wildman–Crippen LogP) is 1.70. The van der Waals surface area contributed by atoms with Gasteiger partial charge in [-0.1, -0.05) is 5.16 Å². The van der Waals surface area contributed by atoms with Gasteiger partial charge >= 0.3 is 0 Å². The molecule has 0 aliphatic heterocycles. The number of aromatic nitrogens is 2. The molecule has 2 aromatic heterocycles. The van der Waals surface area contributed by atoms with E-state index in [1.54, 1.807) is 31.3 Å². The van der Waals surface area contributed by atoms with Gasteiger partial charge in [0.2, 0.25) is 17.7 Å². The number of aryl methyl sites for hydroxylation is 1. The number of amides is 2. The monoisotopic (exact) mass is 336 g/mol. The molecule has 23 heavy (non-hydrogen) atoms. The Morgan fingerprint density at radius 1 is 1.30 bits per heavy atom. The summed E-state index contributed by atoms with van der Waals surface area (Å²) in [4.78, 5) is 27.5. The van der Waals surface area contributed by atoms with Crippen molar-refractivity contribution in [1.29, 1.82) is 0 Å². The number of pyridine rings is 1. The average molecular weight is 336 g/mol. The molecule has 0 saturated carbocycles. The van der Waals surface area contributed by atoms with Gasteiger partial charge in [0.15, 0.2) is 5.82 Å². The van der Waals surface area contributed by atoms with E-state index in [0.29, 0.717) is 23.1 Å². The Kier molecular flexibility index (Phi) is 5.98. The molecular formula is C14H16N4O4S. The van der Waals surface area contributed by atoms with Gasteiger partial charge in [-0.25, -0.2) is 4.98 Å². The van der Waals surface area contributed by atoms with Gasteiger partial charge in [-0.3, -0.25) is 9.59 Å². The molecular weight excluding hydrogens is 320 g/mol. The summed E-state index contributed by atoms with van der Waals surface area (Å²) >= 11 is 1.18. The van der Waals surface area contributed by atoms with Crippen LogP contribution >= 0.6 is 11.8 Å². The summed E-state index contributed by atoms with van der Waals surface area (Å²) in [6.07, 6.45) is 1.57. The van der Waals surface area contributed by atoms with Crippen molar-refractivity contribution in [3.8, 4) is 5.88 Å². The second-order valence-corrected chi connectivity index (χ2v) is 5.46. The summed E-state index contributed by atoms with van der Waals surface area (Å²) < 4.78 is 9.89. The molecule has 0 spiro atoms. The molecule has 0 bridgehead atoms. The number of hydrogen-bond acceptors (Lipinski definition) is 7. The number of carbonyl (C=O) groups excluding carboxylic acids is 2. The van der Waals surface area contributed by atoms with E-state index in [1.165, 1.54) is 18.9 Å². The van der Waals surface area contributed by atoms with E-state index >= 15 is 0 Å². The molecule has 122 valence electrons. The number of thioether (sulfide) groups is 1. The van der Waals surface area contributed by atoms with Crippen molar-refractivity contribution >= 4 is 35.1 Å². The van der Waals surface area contributed by atoms with Crippen LogP contribution in [0.2, 0.25) is 0 Å². The Morgan fingerprint density at radius 3 is 2.70 bits per heavy atom. The Bertz CT molecular complexity index is 689. The van der Waals surface area contributed by atoms with Crippen LogP contribution < -0.4 is 15.4 Å². The van der Waals surface area contributed by atoms with E-state index in [-0.39, 0.29) is 23.3 Å². The highest BCUT2D eigenvalue weighted by Crippen LogP contribution is 2.20. The fourth-order valence-electron chi connectivity index (χ4n) is 1.68. The van der Waals surface area contributed by atoms with Gasteiger partial charge in [0.1, 0.15) is 11.4 Å². The Hall–Kier alpha value is -2.55. The van der Waals surface area contributed by atoms with Crippen molar-refractivity contribution in [3.05, 3.63) is 30.2 Å². The van der Waals surface area contributed by atoms with Crippen LogP contribution in [0.5, 0.6) is 5.88 Å². The van der Waals surface area contributed by atoms with Crippen molar-refractivity contribution < 1.29 is 18.8 Å². The first-order valence-electron chi connectivity index (χ1n) is 6.68. The molecule has 0 aliphatic rings. The average Bonchev–Trinajstić information content (AvgIpc) is 2.92. The highest BCUT2D eigenvalue weighted by molar-refractivity contribution is 8.00. The summed E-state index contributed by atoms with van der Waals surface area (Å²) in [6.45, 7) is 1.73. The molecule has 2 aromatic rings. The Labute approximate surface area is 137 Å². The van der Waals surface area contributed by atoms with Gasteiger partial charge in [0.25, 0.3) is 0 Å². The lowest BCUT2D eigenvalue weighted by molar-refractivity contribution is -0.114. The molecule has 0 saturated heterocycles. The largest absolute Gasteiger partial charge is 0.480 e. The number of nitrogens with one attached hydrogen (secondary N) is 2. The van der Waals surface area contributed by atoms with E-state index in [9.17, 15) is 9.59 Å². The van der Waals surface area contributed by atoms with Gasteiger partial charge < -0.3 is 19.9 Å². The van der Waals surface area contributed by atoms with Gasteiger partial charge in [0.05, 0.1) is 18.6 Å². The minimum atomic E-state index is -0.255. The molecule has 2 rings (SSSR count). The van der Waals surface area contributed by atoms with Gasteiger partial charge in [-0.2, -0.15) is 0 Å². The fraction of sp³-hybridized carbons (Fsp3) is 0.286. The lowest BCUT2D eigenvalue weighted by Gasteiger charge is -2.08. The Balaban J connectivity index is 1.73. The van der Waals surface area contributed by atoms with Crippen LogP contribution in [-0.2, 0) is 9.59 Å². The summed E-state index contributed by atoms with van der Waals surface area (Å²) in [5.74, 6) is 1.06. The van der Waals surface area contributed by atoms with Crippen molar-refractivity contribution in [2.45, 2.75) is 6.92 Å². The van der Waals surface area contributed by atoms with E-state index in [0.717, 1.165) is 0 Å². The molecule has 0 aliphatic carbocycles. The smallest absolute Gasteiger partial charge is 0.237 e. The second-order valence-electron chi connectivity index (χ2n) is 4.47. The molecule has 0 radical (unpaired) electrons. The fourth-order valence-corrected chi connectivity index (χ4v) is 2.29. The summed E-state index contributed by atoms with van der Waals surface area (Å²) in [6, 6.07) is 5.00. The first-order chi connectivity index (χ1) is 11.1. The molecule has 0 aromatic carbocycles. The van der Waals surface area contributed by atoms with Gasteiger partial charge in [-0.05, 0) is 19.1 Å². The maximum absolute atomic E-state index is 11.8. The van der Waals surface area contributed by atoms with E-state index < -0.39 is 0 Å². The highest BCUT2D eigenvalue weighted by Gasteiger charge is 2.10. The second kappa shape index (κ2) is 8.18. The maximum Gasteiger partial charge on any atom is 0.237 e. The number of rotatable bonds is 7. The molecule has 9 heteroatoms. The SMILES string of the molecule is COc1ncccc1NC(=O)CSCC(=O)Nc1cc(C)on1. The summed E-state index contributed by atoms with van der Waals surface area (Å²) in [5, 5.41) is 8.92. The molecule has 8 nitrogen and oxygen atoms in total. The van der Waals surface area contributed by atoms with Crippen LogP contribution in [0.15, 0.2) is 28.9 Å². The number of nitrogens with zero attached hydrogens (tertiary/aromatic N) is 2. The van der Waals surface area contributed by atoms with Crippen LogP contribution in [-0.4, -0.2) is 40.6 Å². The van der Waals surface area contributed by atoms with Crippen LogP contribution in [0, 0.1) is 6.92 Å². The molecule has 2 amide bonds. The number of methoxy groups -OCH3 is 1. The number of hydrogen-bond donors (Lipinski definition) is 2. The van der Waals surface area contributed by atoms with Crippen molar-refractivity contribution in [2.24, 2.45) is 0 Å². The third-order valence-electron chi connectivity index (χ3n) is 2.60. The topological polar surface area (TPSA) is 106 Å². The first-order valence-corrected chi connectivity index (χ1v) is 7.83. The van der Waals surface area contributed by atoms with Crippen molar-refractivity contribution in [2.75, 3.05) is 29.2 Å². The summed E-state index contributed by atoms with van der Waals surface area (Å²) in [5.41, 5.74) is 0.489. The lowest BCUT2D eigenvalue weighted by atomic mass is 10.4. The minimum Gasteiger partial charge on any atom is -0.480 e. The summed E-state index contributed by atoms with van der Waals surface area (Å²) in [7, 11) is 1.47. The Morgan fingerprint density at radius 2 is 2.04 bits per heavy atom. The maximum atomic E-state index is 11.8. The molecule has 0 fully saturated rings. The van der Waals surface area contributed by atoms with Crippen LogP contribution in [0.3, 0.4) is 0 Å².